The second kappa shape index (κ2) is 7.61. The van der Waals surface area contributed by atoms with Gasteiger partial charge >= 0.3 is 0 Å². The van der Waals surface area contributed by atoms with E-state index in [1.165, 1.54) is 17.0 Å². The third-order valence-corrected chi connectivity index (χ3v) is 5.38. The van der Waals surface area contributed by atoms with Crippen molar-refractivity contribution in [1.29, 1.82) is 0 Å². The summed E-state index contributed by atoms with van der Waals surface area (Å²) in [6, 6.07) is 10.8. The van der Waals surface area contributed by atoms with Crippen LogP contribution >= 0.6 is 24.0 Å². The third kappa shape index (κ3) is 3.85. The predicted molar refractivity (Wildman–Crippen MR) is 107 cm³/mol. The summed E-state index contributed by atoms with van der Waals surface area (Å²) >= 11 is 6.33. The zero-order chi connectivity index (χ0) is 19.7. The van der Waals surface area contributed by atoms with Crippen molar-refractivity contribution in [2.24, 2.45) is 0 Å². The molecule has 0 aliphatic carbocycles. The Labute approximate surface area is 169 Å². The molecule has 28 heavy (non-hydrogen) atoms. The van der Waals surface area contributed by atoms with E-state index in [2.05, 4.69) is 5.32 Å². The number of ether oxygens (including phenoxy) is 2. The molecule has 0 radical (unpaired) electrons. The van der Waals surface area contributed by atoms with Crippen molar-refractivity contribution in [3.63, 3.8) is 0 Å². The average Bonchev–Trinajstić information content (AvgIpc) is 3.23. The number of thioether (sulfide) groups is 1. The van der Waals surface area contributed by atoms with Gasteiger partial charge in [0.15, 0.2) is 11.5 Å². The monoisotopic (exact) mass is 416 g/mol. The number of hydrogen-bond acceptors (Lipinski definition) is 6. The fraction of sp³-hybridized carbons (Fsp3) is 0.105. The maximum atomic E-state index is 13.0. The van der Waals surface area contributed by atoms with Gasteiger partial charge in [0, 0.05) is 11.8 Å². The van der Waals surface area contributed by atoms with E-state index in [-0.39, 0.29) is 25.1 Å². The van der Waals surface area contributed by atoms with Crippen molar-refractivity contribution < 1.29 is 23.5 Å². The number of anilines is 1. The average molecular weight is 416 g/mol. The van der Waals surface area contributed by atoms with Crippen molar-refractivity contribution in [1.82, 2.24) is 4.90 Å². The summed E-state index contributed by atoms with van der Waals surface area (Å²) in [5, 5.41) is 2.71. The van der Waals surface area contributed by atoms with Crippen LogP contribution in [-0.4, -0.2) is 34.4 Å². The highest BCUT2D eigenvalue weighted by Gasteiger charge is 2.33. The zero-order valence-corrected chi connectivity index (χ0v) is 15.9. The molecule has 6 nitrogen and oxygen atoms in total. The fourth-order valence-electron chi connectivity index (χ4n) is 2.67. The summed E-state index contributed by atoms with van der Waals surface area (Å²) in [6.45, 7) is -0.0659. The van der Waals surface area contributed by atoms with Gasteiger partial charge in [0.25, 0.3) is 5.91 Å². The van der Waals surface area contributed by atoms with Crippen molar-refractivity contribution >= 4 is 51.9 Å². The van der Waals surface area contributed by atoms with Crippen molar-refractivity contribution in [3.8, 4) is 11.5 Å². The molecule has 2 aliphatic rings. The molecule has 2 aromatic rings. The van der Waals surface area contributed by atoms with Crippen LogP contribution in [0.3, 0.4) is 0 Å². The molecule has 9 heteroatoms. The molecule has 2 aromatic carbocycles. The normalized spacial score (nSPS) is 16.8. The summed E-state index contributed by atoms with van der Waals surface area (Å²) in [6.07, 6.45) is 1.62. The summed E-state index contributed by atoms with van der Waals surface area (Å²) in [5.74, 6) is 0.0507. The van der Waals surface area contributed by atoms with E-state index >= 15 is 0 Å². The summed E-state index contributed by atoms with van der Waals surface area (Å²) in [4.78, 5) is 26.6. The summed E-state index contributed by atoms with van der Waals surface area (Å²) in [7, 11) is 0. The van der Waals surface area contributed by atoms with Crippen LogP contribution in [0.4, 0.5) is 10.1 Å². The Morgan fingerprint density at radius 3 is 2.75 bits per heavy atom. The number of halogens is 1. The zero-order valence-electron chi connectivity index (χ0n) is 14.3. The Kier molecular flexibility index (Phi) is 5.01. The number of amides is 2. The lowest BCUT2D eigenvalue weighted by Crippen LogP contribution is -2.36. The van der Waals surface area contributed by atoms with Crippen LogP contribution < -0.4 is 14.8 Å². The van der Waals surface area contributed by atoms with Gasteiger partial charge in [-0.2, -0.15) is 0 Å². The molecule has 0 saturated carbocycles. The van der Waals surface area contributed by atoms with E-state index in [1.807, 2.05) is 0 Å². The van der Waals surface area contributed by atoms with Gasteiger partial charge in [0.2, 0.25) is 12.7 Å². The molecular formula is C19H13FN2O4S2. The molecule has 142 valence electrons. The fourth-order valence-corrected chi connectivity index (χ4v) is 3.92. The minimum absolute atomic E-state index is 0.143. The van der Waals surface area contributed by atoms with E-state index < -0.39 is 5.91 Å². The van der Waals surface area contributed by atoms with Crippen LogP contribution in [0.5, 0.6) is 11.5 Å². The van der Waals surface area contributed by atoms with Crippen molar-refractivity contribution in [2.75, 3.05) is 18.7 Å². The van der Waals surface area contributed by atoms with Gasteiger partial charge in [0.1, 0.15) is 16.7 Å². The largest absolute Gasteiger partial charge is 0.454 e. The number of benzene rings is 2. The van der Waals surface area contributed by atoms with Crippen LogP contribution in [0.15, 0.2) is 47.4 Å². The quantitative estimate of drug-likeness (QED) is 0.609. The summed E-state index contributed by atoms with van der Waals surface area (Å²) < 4.78 is 23.8. The number of fused-ring (bicyclic) bond motifs is 1. The summed E-state index contributed by atoms with van der Waals surface area (Å²) in [5.41, 5.74) is 1.20. The number of carbonyl (C=O) groups excluding carboxylic acids is 2. The second-order valence-electron chi connectivity index (χ2n) is 5.94. The van der Waals surface area contributed by atoms with Crippen LogP contribution in [0.1, 0.15) is 5.56 Å². The Morgan fingerprint density at radius 2 is 1.96 bits per heavy atom. The molecule has 0 spiro atoms. The first-order valence-corrected chi connectivity index (χ1v) is 9.42. The number of rotatable bonds is 4. The standard InChI is InChI=1S/C19H13FN2O4S2/c20-12-3-1-11(2-4-12)7-16-18(24)22(19(27)28-16)9-17(23)21-13-5-6-14-15(8-13)26-10-25-14/h1-8H,9-10H2,(H,21,23). The first-order chi connectivity index (χ1) is 13.5. The Morgan fingerprint density at radius 1 is 1.21 bits per heavy atom. The van der Waals surface area contributed by atoms with E-state index in [1.54, 1.807) is 36.4 Å². The molecule has 0 aromatic heterocycles. The first-order valence-electron chi connectivity index (χ1n) is 8.20. The van der Waals surface area contributed by atoms with Gasteiger partial charge in [-0.25, -0.2) is 4.39 Å². The SMILES string of the molecule is O=C(CN1C(=O)C(=Cc2ccc(F)cc2)SC1=S)Nc1ccc2c(c1)OCO2. The third-order valence-electron chi connectivity index (χ3n) is 4.00. The molecule has 1 fully saturated rings. The van der Waals surface area contributed by atoms with Gasteiger partial charge in [0.05, 0.1) is 4.91 Å². The highest BCUT2D eigenvalue weighted by Crippen LogP contribution is 2.35. The maximum absolute atomic E-state index is 13.0. The van der Waals surface area contributed by atoms with Crippen molar-refractivity contribution in [3.05, 3.63) is 58.8 Å². The smallest absolute Gasteiger partial charge is 0.266 e. The number of nitrogens with one attached hydrogen (secondary N) is 1. The Bertz CT molecular complexity index is 1010. The molecule has 1 saturated heterocycles. The lowest BCUT2D eigenvalue weighted by molar-refractivity contribution is -0.126. The highest BCUT2D eigenvalue weighted by molar-refractivity contribution is 8.26. The number of nitrogens with zero attached hydrogens (tertiary/aromatic N) is 1. The van der Waals surface area contributed by atoms with Gasteiger partial charge < -0.3 is 14.8 Å². The molecule has 4 rings (SSSR count). The molecular weight excluding hydrogens is 403 g/mol. The number of carbonyl (C=O) groups is 2. The molecule has 1 N–H and O–H groups in total. The predicted octanol–water partition coefficient (Wildman–Crippen LogP) is 3.39. The molecule has 2 amide bonds. The van der Waals surface area contributed by atoms with E-state index in [0.717, 1.165) is 11.8 Å². The molecule has 0 unspecified atom stereocenters. The minimum Gasteiger partial charge on any atom is -0.454 e. The van der Waals surface area contributed by atoms with Crippen LogP contribution in [-0.2, 0) is 9.59 Å². The van der Waals surface area contributed by atoms with Crippen LogP contribution in [0, 0.1) is 5.82 Å². The number of thiocarbonyl (C=S) groups is 1. The first kappa shape index (κ1) is 18.5. The lowest BCUT2D eigenvalue weighted by Gasteiger charge is -2.14. The van der Waals surface area contributed by atoms with Crippen LogP contribution in [0.2, 0.25) is 0 Å². The molecule has 0 atom stereocenters. The lowest BCUT2D eigenvalue weighted by atomic mass is 10.2. The topological polar surface area (TPSA) is 67.9 Å². The highest BCUT2D eigenvalue weighted by atomic mass is 32.2. The van der Waals surface area contributed by atoms with E-state index in [0.29, 0.717) is 32.0 Å². The minimum atomic E-state index is -0.391. The van der Waals surface area contributed by atoms with Gasteiger partial charge in [-0.05, 0) is 35.9 Å². The molecule has 2 aliphatic heterocycles. The van der Waals surface area contributed by atoms with E-state index in [4.69, 9.17) is 21.7 Å². The van der Waals surface area contributed by atoms with E-state index in [9.17, 15) is 14.0 Å². The maximum Gasteiger partial charge on any atom is 0.266 e. The molecule has 0 bridgehead atoms. The Hall–Kier alpha value is -2.91. The Balaban J connectivity index is 1.42. The molecule has 2 heterocycles. The van der Waals surface area contributed by atoms with Gasteiger partial charge in [-0.3, -0.25) is 14.5 Å². The second-order valence-corrected chi connectivity index (χ2v) is 7.61. The van der Waals surface area contributed by atoms with Gasteiger partial charge in [-0.15, -0.1) is 0 Å². The number of hydrogen-bond donors (Lipinski definition) is 1. The van der Waals surface area contributed by atoms with Gasteiger partial charge in [-0.1, -0.05) is 36.1 Å². The van der Waals surface area contributed by atoms with Crippen molar-refractivity contribution in [2.45, 2.75) is 0 Å². The van der Waals surface area contributed by atoms with Crippen LogP contribution in [0.25, 0.3) is 6.08 Å².